The Kier molecular flexibility index (Phi) is 7.93. The topological polar surface area (TPSA) is 61.9 Å². The van der Waals surface area contributed by atoms with Crippen molar-refractivity contribution < 1.29 is 14.3 Å². The lowest BCUT2D eigenvalue weighted by Gasteiger charge is -2.30. The third kappa shape index (κ3) is 5.78. The highest BCUT2D eigenvalue weighted by molar-refractivity contribution is 5.97. The van der Waals surface area contributed by atoms with Crippen LogP contribution in [0.4, 0.5) is 5.69 Å². The second kappa shape index (κ2) is 10.8. The number of hydrogen-bond donors (Lipinski definition) is 1. The number of carbonyl (C=O) groups excluding carboxylic acids is 2. The third-order valence-electron chi connectivity index (χ3n) is 6.05. The Morgan fingerprint density at radius 3 is 2.35 bits per heavy atom. The number of benzene rings is 2. The van der Waals surface area contributed by atoms with Crippen molar-refractivity contribution in [3.05, 3.63) is 60.2 Å². The van der Waals surface area contributed by atoms with E-state index < -0.39 is 6.04 Å². The van der Waals surface area contributed by atoms with Gasteiger partial charge in [0, 0.05) is 37.4 Å². The van der Waals surface area contributed by atoms with Crippen LogP contribution in [0.15, 0.2) is 54.6 Å². The molecule has 1 aliphatic heterocycles. The second-order valence-corrected chi connectivity index (χ2v) is 8.07. The molecular formula is C25H33N3O3. The molecule has 166 valence electrons. The normalized spacial score (nSPS) is 16.2. The van der Waals surface area contributed by atoms with Gasteiger partial charge in [0.25, 0.3) is 5.91 Å². The summed E-state index contributed by atoms with van der Waals surface area (Å²) < 4.78 is 5.25. The van der Waals surface area contributed by atoms with Crippen molar-refractivity contribution in [2.45, 2.75) is 32.7 Å². The van der Waals surface area contributed by atoms with Crippen LogP contribution in [0.3, 0.4) is 0 Å². The highest BCUT2D eigenvalue weighted by atomic mass is 16.5. The fourth-order valence-electron chi connectivity index (χ4n) is 3.88. The summed E-state index contributed by atoms with van der Waals surface area (Å²) >= 11 is 0. The van der Waals surface area contributed by atoms with E-state index in [1.807, 2.05) is 49.1 Å². The molecular weight excluding hydrogens is 390 g/mol. The van der Waals surface area contributed by atoms with Gasteiger partial charge in [0.2, 0.25) is 5.91 Å². The predicted octanol–water partition coefficient (Wildman–Crippen LogP) is 3.58. The Balaban J connectivity index is 1.67. The Hall–Kier alpha value is -3.02. The molecule has 0 bridgehead atoms. The van der Waals surface area contributed by atoms with Crippen molar-refractivity contribution in [2.75, 3.05) is 38.2 Å². The summed E-state index contributed by atoms with van der Waals surface area (Å²) in [5, 5.41) is 3.00. The van der Waals surface area contributed by atoms with Crippen molar-refractivity contribution in [3.8, 4) is 5.75 Å². The molecule has 1 saturated heterocycles. The molecule has 0 saturated carbocycles. The quantitative estimate of drug-likeness (QED) is 0.740. The van der Waals surface area contributed by atoms with E-state index in [9.17, 15) is 9.59 Å². The zero-order valence-electron chi connectivity index (χ0n) is 18.7. The summed E-state index contributed by atoms with van der Waals surface area (Å²) in [5.74, 6) is 0.700. The highest BCUT2D eigenvalue weighted by Gasteiger charge is 2.31. The van der Waals surface area contributed by atoms with E-state index >= 15 is 0 Å². The highest BCUT2D eigenvalue weighted by Crippen LogP contribution is 2.21. The van der Waals surface area contributed by atoms with Crippen molar-refractivity contribution in [1.82, 2.24) is 10.2 Å². The first kappa shape index (κ1) is 22.7. The summed E-state index contributed by atoms with van der Waals surface area (Å²) in [6, 6.07) is 16.6. The summed E-state index contributed by atoms with van der Waals surface area (Å²) in [4.78, 5) is 30.3. The van der Waals surface area contributed by atoms with Crippen molar-refractivity contribution in [1.29, 1.82) is 0 Å². The van der Waals surface area contributed by atoms with Crippen molar-refractivity contribution >= 4 is 17.5 Å². The number of hydrogen-bond acceptors (Lipinski definition) is 4. The largest absolute Gasteiger partial charge is 0.497 e. The Labute approximate surface area is 185 Å². The number of rotatable bonds is 7. The molecule has 6 heteroatoms. The van der Waals surface area contributed by atoms with E-state index in [2.05, 4.69) is 22.3 Å². The van der Waals surface area contributed by atoms with Gasteiger partial charge in [-0.2, -0.15) is 0 Å². The zero-order chi connectivity index (χ0) is 22.2. The van der Waals surface area contributed by atoms with Crippen molar-refractivity contribution in [3.63, 3.8) is 0 Å². The van der Waals surface area contributed by atoms with Gasteiger partial charge in [-0.25, -0.2) is 0 Å². The molecule has 2 amide bonds. The van der Waals surface area contributed by atoms with Gasteiger partial charge in [-0.05, 0) is 48.7 Å². The van der Waals surface area contributed by atoms with E-state index in [0.29, 0.717) is 18.7 Å². The molecule has 2 aromatic carbocycles. The Bertz CT molecular complexity index is 854. The maximum absolute atomic E-state index is 13.4. The van der Waals surface area contributed by atoms with Gasteiger partial charge in [-0.15, -0.1) is 0 Å². The molecule has 6 nitrogen and oxygen atoms in total. The van der Waals surface area contributed by atoms with Crippen molar-refractivity contribution in [2.24, 2.45) is 5.92 Å². The van der Waals surface area contributed by atoms with Crippen LogP contribution >= 0.6 is 0 Å². The molecule has 2 atom stereocenters. The van der Waals surface area contributed by atoms with Crippen LogP contribution in [0, 0.1) is 5.92 Å². The SMILES string of the molecule is CCC(C)C(NC(=O)c1ccccc1)C(=O)N1CCCN(c2ccc(OC)cc2)CC1. The molecule has 1 fully saturated rings. The molecule has 31 heavy (non-hydrogen) atoms. The van der Waals surface area contributed by atoms with Crippen LogP contribution in [0.1, 0.15) is 37.0 Å². The number of anilines is 1. The molecule has 0 aromatic heterocycles. The van der Waals surface area contributed by atoms with Gasteiger partial charge >= 0.3 is 0 Å². The predicted molar refractivity (Wildman–Crippen MR) is 124 cm³/mol. The molecule has 2 aromatic rings. The van der Waals surface area contributed by atoms with Crippen LogP contribution in [-0.4, -0.2) is 56.0 Å². The number of nitrogens with zero attached hydrogens (tertiary/aromatic N) is 2. The Morgan fingerprint density at radius 2 is 1.71 bits per heavy atom. The van der Waals surface area contributed by atoms with Crippen LogP contribution < -0.4 is 15.0 Å². The van der Waals surface area contributed by atoms with Crippen LogP contribution in [-0.2, 0) is 4.79 Å². The second-order valence-electron chi connectivity index (χ2n) is 8.07. The van der Waals surface area contributed by atoms with Gasteiger partial charge in [-0.1, -0.05) is 38.5 Å². The lowest BCUT2D eigenvalue weighted by molar-refractivity contribution is -0.134. The molecule has 0 spiro atoms. The zero-order valence-corrected chi connectivity index (χ0v) is 18.7. The summed E-state index contributed by atoms with van der Waals surface area (Å²) in [6.45, 7) is 7.06. The van der Waals surface area contributed by atoms with Gasteiger partial charge in [0.1, 0.15) is 11.8 Å². The average Bonchev–Trinajstić information content (AvgIpc) is 3.08. The Morgan fingerprint density at radius 1 is 1.00 bits per heavy atom. The molecule has 0 radical (unpaired) electrons. The average molecular weight is 424 g/mol. The molecule has 1 N–H and O–H groups in total. The van der Waals surface area contributed by atoms with E-state index in [-0.39, 0.29) is 17.7 Å². The van der Waals surface area contributed by atoms with Gasteiger partial charge in [-0.3, -0.25) is 9.59 Å². The van der Waals surface area contributed by atoms with Gasteiger partial charge in [0.05, 0.1) is 7.11 Å². The molecule has 3 rings (SSSR count). The standard InChI is InChI=1S/C25H33N3O3/c1-4-19(2)23(26-24(29)20-9-6-5-7-10-20)25(30)28-16-8-15-27(17-18-28)21-11-13-22(31-3)14-12-21/h5-7,9-14,19,23H,4,8,15-18H2,1-3H3,(H,26,29). The van der Waals surface area contributed by atoms with Gasteiger partial charge in [0.15, 0.2) is 0 Å². The summed E-state index contributed by atoms with van der Waals surface area (Å²) in [5.41, 5.74) is 1.70. The fourth-order valence-corrected chi connectivity index (χ4v) is 3.88. The molecule has 2 unspecified atom stereocenters. The minimum atomic E-state index is -0.523. The first-order valence-corrected chi connectivity index (χ1v) is 11.1. The summed E-state index contributed by atoms with van der Waals surface area (Å²) in [7, 11) is 1.66. The van der Waals surface area contributed by atoms with Gasteiger partial charge < -0.3 is 19.9 Å². The number of ether oxygens (including phenoxy) is 1. The van der Waals surface area contributed by atoms with Crippen LogP contribution in [0.2, 0.25) is 0 Å². The van der Waals surface area contributed by atoms with E-state index in [4.69, 9.17) is 4.74 Å². The first-order chi connectivity index (χ1) is 15.0. The number of nitrogens with one attached hydrogen (secondary N) is 1. The van der Waals surface area contributed by atoms with E-state index in [1.54, 1.807) is 19.2 Å². The molecule has 1 heterocycles. The van der Waals surface area contributed by atoms with E-state index in [0.717, 1.165) is 37.4 Å². The minimum Gasteiger partial charge on any atom is -0.497 e. The maximum Gasteiger partial charge on any atom is 0.251 e. The van der Waals surface area contributed by atoms with E-state index in [1.165, 1.54) is 0 Å². The maximum atomic E-state index is 13.4. The number of methoxy groups -OCH3 is 1. The lowest BCUT2D eigenvalue weighted by atomic mass is 9.97. The van der Waals surface area contributed by atoms with Crippen LogP contribution in [0.25, 0.3) is 0 Å². The number of amides is 2. The summed E-state index contributed by atoms with van der Waals surface area (Å²) in [6.07, 6.45) is 1.70. The first-order valence-electron chi connectivity index (χ1n) is 11.1. The monoisotopic (exact) mass is 423 g/mol. The lowest BCUT2D eigenvalue weighted by Crippen LogP contribution is -2.52. The third-order valence-corrected chi connectivity index (χ3v) is 6.05. The minimum absolute atomic E-state index is 0.00946. The molecule has 0 aliphatic carbocycles. The smallest absolute Gasteiger partial charge is 0.251 e. The van der Waals surface area contributed by atoms with Crippen LogP contribution in [0.5, 0.6) is 5.75 Å². The number of carbonyl (C=O) groups is 2. The molecule has 1 aliphatic rings. The fraction of sp³-hybridized carbons (Fsp3) is 0.440.